The third-order valence-electron chi connectivity index (χ3n) is 2.09. The summed E-state index contributed by atoms with van der Waals surface area (Å²) in [6.07, 6.45) is 0.247. The molecule has 0 fully saturated rings. The monoisotopic (exact) mass is 257 g/mol. The third-order valence-corrected chi connectivity index (χ3v) is 2.28. The number of rotatable bonds is 6. The smallest absolute Gasteiger partial charge is 0.135 e. The Morgan fingerprint density at radius 1 is 1.29 bits per heavy atom. The molecule has 1 N–H and O–H groups in total. The van der Waals surface area contributed by atoms with Crippen molar-refractivity contribution in [3.63, 3.8) is 0 Å². The minimum atomic E-state index is 0.247. The minimum Gasteiger partial charge on any atom is -0.377 e. The number of hydrogen-bond acceptors (Lipinski definition) is 4. The topological polar surface area (TPSA) is 47.0 Å². The van der Waals surface area contributed by atoms with E-state index in [2.05, 4.69) is 15.3 Å². The highest BCUT2D eigenvalue weighted by molar-refractivity contribution is 6.29. The maximum atomic E-state index is 5.93. The van der Waals surface area contributed by atoms with Crippen molar-refractivity contribution in [2.75, 3.05) is 18.5 Å². The third kappa shape index (κ3) is 5.33. The molecule has 1 heterocycles. The summed E-state index contributed by atoms with van der Waals surface area (Å²) in [5.74, 6) is 1.77. The Morgan fingerprint density at radius 2 is 2.00 bits per heavy atom. The summed E-state index contributed by atoms with van der Waals surface area (Å²) >= 11 is 5.93. The van der Waals surface area contributed by atoms with E-state index in [0.29, 0.717) is 18.3 Å². The van der Waals surface area contributed by atoms with Crippen LogP contribution in [0.4, 0.5) is 5.82 Å². The molecule has 1 aromatic heterocycles. The summed E-state index contributed by atoms with van der Waals surface area (Å²) in [5, 5.41) is 3.64. The van der Waals surface area contributed by atoms with Gasteiger partial charge in [-0.25, -0.2) is 9.97 Å². The molecule has 0 radical (unpaired) electrons. The standard InChI is InChI=1S/C12H20ClN3O/c1-8(2)12-15-10(13)7-11(16-12)14-5-6-17-9(3)4/h7-9H,5-6H2,1-4H3,(H,14,15,16). The van der Waals surface area contributed by atoms with Gasteiger partial charge in [-0.05, 0) is 13.8 Å². The molecule has 0 aliphatic rings. The summed E-state index contributed by atoms with van der Waals surface area (Å²) in [7, 11) is 0. The molecule has 4 nitrogen and oxygen atoms in total. The molecule has 0 unspecified atom stereocenters. The lowest BCUT2D eigenvalue weighted by molar-refractivity contribution is 0.0870. The molecule has 0 aliphatic carbocycles. The largest absolute Gasteiger partial charge is 0.377 e. The normalized spacial score (nSPS) is 11.2. The van der Waals surface area contributed by atoms with Gasteiger partial charge in [-0.15, -0.1) is 0 Å². The van der Waals surface area contributed by atoms with Gasteiger partial charge in [0.15, 0.2) is 0 Å². The van der Waals surface area contributed by atoms with Crippen LogP contribution in [0, 0.1) is 0 Å². The quantitative estimate of drug-likeness (QED) is 0.628. The maximum Gasteiger partial charge on any atom is 0.135 e. The number of nitrogens with one attached hydrogen (secondary N) is 1. The van der Waals surface area contributed by atoms with Gasteiger partial charge >= 0.3 is 0 Å². The van der Waals surface area contributed by atoms with Crippen LogP contribution in [0.3, 0.4) is 0 Å². The van der Waals surface area contributed by atoms with Crippen molar-refractivity contribution in [1.29, 1.82) is 0 Å². The van der Waals surface area contributed by atoms with E-state index in [-0.39, 0.29) is 12.0 Å². The summed E-state index contributed by atoms with van der Waals surface area (Å²) in [4.78, 5) is 8.56. The summed E-state index contributed by atoms with van der Waals surface area (Å²) in [6, 6.07) is 1.73. The lowest BCUT2D eigenvalue weighted by Gasteiger charge is -2.11. The zero-order valence-electron chi connectivity index (χ0n) is 10.8. The molecule has 0 amide bonds. The summed E-state index contributed by atoms with van der Waals surface area (Å²) < 4.78 is 5.43. The van der Waals surface area contributed by atoms with Gasteiger partial charge in [0.2, 0.25) is 0 Å². The van der Waals surface area contributed by atoms with Crippen LogP contribution in [0.2, 0.25) is 5.15 Å². The van der Waals surface area contributed by atoms with Gasteiger partial charge in [-0.1, -0.05) is 25.4 Å². The van der Waals surface area contributed by atoms with Crippen molar-refractivity contribution in [3.05, 3.63) is 17.0 Å². The van der Waals surface area contributed by atoms with Crippen molar-refractivity contribution >= 4 is 17.4 Å². The number of halogens is 1. The molecule has 5 heteroatoms. The highest BCUT2D eigenvalue weighted by atomic mass is 35.5. The number of ether oxygens (including phenoxy) is 1. The van der Waals surface area contributed by atoms with Crippen molar-refractivity contribution in [1.82, 2.24) is 9.97 Å². The number of nitrogens with zero attached hydrogens (tertiary/aromatic N) is 2. The van der Waals surface area contributed by atoms with Gasteiger partial charge in [-0.3, -0.25) is 0 Å². The molecule has 0 bridgehead atoms. The van der Waals surface area contributed by atoms with Crippen molar-refractivity contribution in [2.24, 2.45) is 0 Å². The zero-order valence-corrected chi connectivity index (χ0v) is 11.6. The first-order valence-corrected chi connectivity index (χ1v) is 6.26. The van der Waals surface area contributed by atoms with Crippen LogP contribution >= 0.6 is 11.6 Å². The van der Waals surface area contributed by atoms with Crippen LogP contribution in [0.5, 0.6) is 0 Å². The fraction of sp³-hybridized carbons (Fsp3) is 0.667. The molecule has 0 saturated heterocycles. The Bertz CT molecular complexity index is 356. The van der Waals surface area contributed by atoms with Crippen molar-refractivity contribution in [2.45, 2.75) is 39.7 Å². The van der Waals surface area contributed by atoms with Crippen molar-refractivity contribution in [3.8, 4) is 0 Å². The molecule has 96 valence electrons. The molecule has 1 rings (SSSR count). The van der Waals surface area contributed by atoms with Crippen LogP contribution in [0.1, 0.15) is 39.4 Å². The SMILES string of the molecule is CC(C)OCCNc1cc(Cl)nc(C(C)C)n1. The second kappa shape index (κ2) is 6.77. The second-order valence-electron chi connectivity index (χ2n) is 4.44. The second-order valence-corrected chi connectivity index (χ2v) is 4.82. The van der Waals surface area contributed by atoms with Gasteiger partial charge < -0.3 is 10.1 Å². The average Bonchev–Trinajstić information content (AvgIpc) is 2.23. The predicted octanol–water partition coefficient (Wildman–Crippen LogP) is 3.09. The van der Waals surface area contributed by atoms with Crippen LogP contribution in [0.25, 0.3) is 0 Å². The fourth-order valence-corrected chi connectivity index (χ4v) is 1.45. The van der Waals surface area contributed by atoms with Crippen LogP contribution < -0.4 is 5.32 Å². The zero-order chi connectivity index (χ0) is 12.8. The van der Waals surface area contributed by atoms with Gasteiger partial charge in [0, 0.05) is 18.5 Å². The molecule has 0 aliphatic heterocycles. The van der Waals surface area contributed by atoms with E-state index in [0.717, 1.165) is 11.6 Å². The van der Waals surface area contributed by atoms with E-state index in [1.807, 2.05) is 27.7 Å². The van der Waals surface area contributed by atoms with E-state index in [1.54, 1.807) is 6.07 Å². The van der Waals surface area contributed by atoms with E-state index in [1.165, 1.54) is 0 Å². The predicted molar refractivity (Wildman–Crippen MR) is 70.7 cm³/mol. The Labute approximate surface area is 108 Å². The lowest BCUT2D eigenvalue weighted by Crippen LogP contribution is -2.14. The molecule has 17 heavy (non-hydrogen) atoms. The summed E-state index contributed by atoms with van der Waals surface area (Å²) in [5.41, 5.74) is 0. The number of anilines is 1. The fourth-order valence-electron chi connectivity index (χ4n) is 1.26. The lowest BCUT2D eigenvalue weighted by atomic mass is 10.2. The number of hydrogen-bond donors (Lipinski definition) is 1. The highest BCUT2D eigenvalue weighted by Crippen LogP contribution is 2.16. The van der Waals surface area contributed by atoms with Crippen LogP contribution in [-0.2, 0) is 4.74 Å². The first-order valence-electron chi connectivity index (χ1n) is 5.89. The first-order chi connectivity index (χ1) is 7.99. The Balaban J connectivity index is 2.53. The highest BCUT2D eigenvalue weighted by Gasteiger charge is 2.06. The minimum absolute atomic E-state index is 0.247. The van der Waals surface area contributed by atoms with Gasteiger partial charge in [-0.2, -0.15) is 0 Å². The Morgan fingerprint density at radius 3 is 2.59 bits per heavy atom. The van der Waals surface area contributed by atoms with Gasteiger partial charge in [0.05, 0.1) is 12.7 Å². The Kier molecular flexibility index (Phi) is 5.65. The average molecular weight is 258 g/mol. The van der Waals surface area contributed by atoms with E-state index in [4.69, 9.17) is 16.3 Å². The van der Waals surface area contributed by atoms with Crippen LogP contribution in [0.15, 0.2) is 6.07 Å². The van der Waals surface area contributed by atoms with Gasteiger partial charge in [0.25, 0.3) is 0 Å². The summed E-state index contributed by atoms with van der Waals surface area (Å²) in [6.45, 7) is 9.46. The van der Waals surface area contributed by atoms with E-state index >= 15 is 0 Å². The molecule has 0 saturated carbocycles. The van der Waals surface area contributed by atoms with E-state index < -0.39 is 0 Å². The molecule has 0 aromatic carbocycles. The first kappa shape index (κ1) is 14.2. The van der Waals surface area contributed by atoms with Gasteiger partial charge in [0.1, 0.15) is 16.8 Å². The Hall–Kier alpha value is -0.870. The molecule has 0 spiro atoms. The molecule has 1 aromatic rings. The van der Waals surface area contributed by atoms with E-state index in [9.17, 15) is 0 Å². The molecular weight excluding hydrogens is 238 g/mol. The van der Waals surface area contributed by atoms with Crippen molar-refractivity contribution < 1.29 is 4.74 Å². The van der Waals surface area contributed by atoms with Crippen LogP contribution in [-0.4, -0.2) is 29.2 Å². The molecule has 0 atom stereocenters. The molecular formula is C12H20ClN3O. The number of aromatic nitrogens is 2. The maximum absolute atomic E-state index is 5.93.